The highest BCUT2D eigenvalue weighted by atomic mass is 16.6. The van der Waals surface area contributed by atoms with Gasteiger partial charge in [0.15, 0.2) is 0 Å². The zero-order chi connectivity index (χ0) is 14.1. The summed E-state index contributed by atoms with van der Waals surface area (Å²) in [5.41, 5.74) is 1.41. The first kappa shape index (κ1) is 12.8. The number of nitrogens with zero attached hydrogens (tertiary/aromatic N) is 3. The first-order chi connectivity index (χ1) is 9.65. The largest absolute Gasteiger partial charge is 0.380 e. The predicted molar refractivity (Wildman–Crippen MR) is 77.9 cm³/mol. The van der Waals surface area contributed by atoms with Crippen LogP contribution >= 0.6 is 0 Å². The molecule has 20 heavy (non-hydrogen) atoms. The maximum atomic E-state index is 11.1. The van der Waals surface area contributed by atoms with E-state index < -0.39 is 0 Å². The van der Waals surface area contributed by atoms with Gasteiger partial charge in [-0.25, -0.2) is 4.98 Å². The number of non-ortho nitro benzene ring substituents is 1. The molecule has 1 unspecified atom stereocenters. The molecule has 6 nitrogen and oxygen atoms in total. The van der Waals surface area contributed by atoms with E-state index in [0.29, 0.717) is 11.6 Å². The fourth-order valence-electron chi connectivity index (χ4n) is 2.71. The third kappa shape index (κ3) is 2.30. The second kappa shape index (κ2) is 5.05. The van der Waals surface area contributed by atoms with E-state index in [1.807, 2.05) is 12.1 Å². The van der Waals surface area contributed by atoms with Crippen molar-refractivity contribution in [3.63, 3.8) is 0 Å². The predicted octanol–water partition coefficient (Wildman–Crippen LogP) is 2.26. The Bertz CT molecular complexity index is 659. The molecule has 0 radical (unpaired) electrons. The van der Waals surface area contributed by atoms with Gasteiger partial charge in [0.25, 0.3) is 5.69 Å². The van der Waals surface area contributed by atoms with Crippen LogP contribution in [0.2, 0.25) is 0 Å². The van der Waals surface area contributed by atoms with Gasteiger partial charge in [0, 0.05) is 35.9 Å². The lowest BCUT2D eigenvalue weighted by Gasteiger charge is -2.15. The highest BCUT2D eigenvalue weighted by Gasteiger charge is 2.21. The van der Waals surface area contributed by atoms with Crippen molar-refractivity contribution in [1.82, 2.24) is 9.88 Å². The maximum absolute atomic E-state index is 11.1. The van der Waals surface area contributed by atoms with Crippen molar-refractivity contribution in [2.75, 3.05) is 25.5 Å². The van der Waals surface area contributed by atoms with Gasteiger partial charge in [-0.1, -0.05) is 12.1 Å². The van der Waals surface area contributed by atoms with Crippen molar-refractivity contribution in [3.8, 4) is 0 Å². The lowest BCUT2D eigenvalue weighted by Crippen LogP contribution is -2.23. The fourth-order valence-corrected chi connectivity index (χ4v) is 2.71. The monoisotopic (exact) mass is 272 g/mol. The number of hydrogen-bond donors (Lipinski definition) is 1. The number of fused-ring (bicyclic) bond motifs is 1. The van der Waals surface area contributed by atoms with Crippen LogP contribution < -0.4 is 5.32 Å². The average molecular weight is 272 g/mol. The number of nitro groups is 1. The van der Waals surface area contributed by atoms with E-state index >= 15 is 0 Å². The van der Waals surface area contributed by atoms with Crippen molar-refractivity contribution < 1.29 is 4.92 Å². The van der Waals surface area contributed by atoms with Gasteiger partial charge < -0.3 is 10.2 Å². The van der Waals surface area contributed by atoms with Crippen LogP contribution in [0.4, 0.5) is 11.4 Å². The molecular formula is C14H16N4O2. The lowest BCUT2D eigenvalue weighted by molar-refractivity contribution is -0.383. The summed E-state index contributed by atoms with van der Waals surface area (Å²) >= 11 is 0. The molecule has 0 saturated carbocycles. The Morgan fingerprint density at radius 2 is 2.30 bits per heavy atom. The number of nitro benzene ring substituents is 1. The highest BCUT2D eigenvalue weighted by Crippen LogP contribution is 2.29. The van der Waals surface area contributed by atoms with E-state index in [2.05, 4.69) is 22.2 Å². The van der Waals surface area contributed by atoms with Crippen LogP contribution in [0.15, 0.2) is 30.5 Å². The SMILES string of the molecule is CN1CCC(Nc2ccnc3c([N+](=O)[O-])cccc23)C1. The molecule has 0 bridgehead atoms. The minimum absolute atomic E-state index is 0.0506. The number of benzene rings is 1. The van der Waals surface area contributed by atoms with E-state index in [1.165, 1.54) is 6.07 Å². The second-order valence-electron chi connectivity index (χ2n) is 5.18. The fraction of sp³-hybridized carbons (Fsp3) is 0.357. The van der Waals surface area contributed by atoms with Crippen LogP contribution in [-0.4, -0.2) is 41.0 Å². The standard InChI is InChI=1S/C14H16N4O2/c1-17-8-6-10(9-17)16-12-5-7-15-14-11(12)3-2-4-13(14)18(19)20/h2-5,7,10H,6,8-9H2,1H3,(H,15,16). The normalized spacial score (nSPS) is 19.4. The molecule has 1 atom stereocenters. The average Bonchev–Trinajstić information content (AvgIpc) is 2.84. The Morgan fingerprint density at radius 3 is 3.00 bits per heavy atom. The molecule has 3 rings (SSSR count). The third-order valence-electron chi connectivity index (χ3n) is 3.70. The molecule has 0 aliphatic carbocycles. The summed E-state index contributed by atoms with van der Waals surface area (Å²) in [5.74, 6) is 0. The summed E-state index contributed by atoms with van der Waals surface area (Å²) in [5, 5.41) is 15.3. The number of likely N-dealkylation sites (tertiary alicyclic amines) is 1. The van der Waals surface area contributed by atoms with Gasteiger partial charge in [-0.3, -0.25) is 10.1 Å². The molecule has 1 N–H and O–H groups in total. The van der Waals surface area contributed by atoms with Gasteiger partial charge in [0.05, 0.1) is 4.92 Å². The number of para-hydroxylation sites is 1. The third-order valence-corrected chi connectivity index (χ3v) is 3.70. The van der Waals surface area contributed by atoms with Crippen LogP contribution in [0.3, 0.4) is 0 Å². The van der Waals surface area contributed by atoms with Gasteiger partial charge >= 0.3 is 0 Å². The minimum atomic E-state index is -0.386. The van der Waals surface area contributed by atoms with Crippen LogP contribution in [0, 0.1) is 10.1 Å². The van der Waals surface area contributed by atoms with Crippen molar-refractivity contribution in [1.29, 1.82) is 0 Å². The summed E-state index contributed by atoms with van der Waals surface area (Å²) < 4.78 is 0. The minimum Gasteiger partial charge on any atom is -0.380 e. The van der Waals surface area contributed by atoms with Crippen molar-refractivity contribution in [2.24, 2.45) is 0 Å². The van der Waals surface area contributed by atoms with Crippen LogP contribution in [0.5, 0.6) is 0 Å². The van der Waals surface area contributed by atoms with Gasteiger partial charge in [-0.05, 0) is 26.1 Å². The molecule has 1 aromatic heterocycles. The van der Waals surface area contributed by atoms with Crippen LogP contribution in [-0.2, 0) is 0 Å². The van der Waals surface area contributed by atoms with Gasteiger partial charge in [0.1, 0.15) is 5.52 Å². The van der Waals surface area contributed by atoms with Crippen LogP contribution in [0.1, 0.15) is 6.42 Å². The van der Waals surface area contributed by atoms with Crippen molar-refractivity contribution in [3.05, 3.63) is 40.6 Å². The number of pyridine rings is 1. The molecular weight excluding hydrogens is 256 g/mol. The zero-order valence-corrected chi connectivity index (χ0v) is 11.2. The Hall–Kier alpha value is -2.21. The van der Waals surface area contributed by atoms with E-state index in [9.17, 15) is 10.1 Å². The molecule has 104 valence electrons. The number of aromatic nitrogens is 1. The number of hydrogen-bond acceptors (Lipinski definition) is 5. The van der Waals surface area contributed by atoms with E-state index in [0.717, 1.165) is 30.6 Å². The highest BCUT2D eigenvalue weighted by molar-refractivity contribution is 5.96. The molecule has 2 heterocycles. The summed E-state index contributed by atoms with van der Waals surface area (Å²) in [6.07, 6.45) is 2.70. The number of likely N-dealkylation sites (N-methyl/N-ethyl adjacent to an activating group) is 1. The van der Waals surface area contributed by atoms with Gasteiger partial charge in [-0.2, -0.15) is 0 Å². The Labute approximate surface area is 116 Å². The molecule has 6 heteroatoms. The summed E-state index contributed by atoms with van der Waals surface area (Å²) in [6.45, 7) is 2.06. The summed E-state index contributed by atoms with van der Waals surface area (Å²) in [4.78, 5) is 17.1. The lowest BCUT2D eigenvalue weighted by atomic mass is 10.1. The second-order valence-corrected chi connectivity index (χ2v) is 5.18. The maximum Gasteiger partial charge on any atom is 0.295 e. The quantitative estimate of drug-likeness (QED) is 0.685. The number of rotatable bonds is 3. The Balaban J connectivity index is 1.99. The topological polar surface area (TPSA) is 71.3 Å². The van der Waals surface area contributed by atoms with Gasteiger partial charge in [-0.15, -0.1) is 0 Å². The smallest absolute Gasteiger partial charge is 0.295 e. The molecule has 1 aliphatic rings. The van der Waals surface area contributed by atoms with Gasteiger partial charge in [0.2, 0.25) is 0 Å². The van der Waals surface area contributed by atoms with Crippen molar-refractivity contribution >= 4 is 22.3 Å². The molecule has 1 fully saturated rings. The first-order valence-electron chi connectivity index (χ1n) is 6.62. The van der Waals surface area contributed by atoms with Crippen molar-refractivity contribution in [2.45, 2.75) is 12.5 Å². The summed E-state index contributed by atoms with van der Waals surface area (Å²) in [7, 11) is 2.09. The Morgan fingerprint density at radius 1 is 1.45 bits per heavy atom. The molecule has 1 aromatic carbocycles. The molecule has 1 aliphatic heterocycles. The molecule has 2 aromatic rings. The summed E-state index contributed by atoms with van der Waals surface area (Å²) in [6, 6.07) is 7.32. The van der Waals surface area contributed by atoms with E-state index in [1.54, 1.807) is 12.3 Å². The van der Waals surface area contributed by atoms with Crippen LogP contribution in [0.25, 0.3) is 10.9 Å². The molecule has 0 amide bonds. The zero-order valence-electron chi connectivity index (χ0n) is 11.2. The number of anilines is 1. The van der Waals surface area contributed by atoms with E-state index in [-0.39, 0.29) is 10.6 Å². The molecule has 0 spiro atoms. The van der Waals surface area contributed by atoms with E-state index in [4.69, 9.17) is 0 Å². The number of nitrogens with one attached hydrogen (secondary N) is 1. The Kier molecular flexibility index (Phi) is 3.23. The molecule has 1 saturated heterocycles. The first-order valence-corrected chi connectivity index (χ1v) is 6.62.